The first-order chi connectivity index (χ1) is 6.15. The van der Waals surface area contributed by atoms with Gasteiger partial charge in [-0.1, -0.05) is 0 Å². The lowest BCUT2D eigenvalue weighted by molar-refractivity contribution is 0.130. The van der Waals surface area contributed by atoms with Gasteiger partial charge in [-0.2, -0.15) is 0 Å². The maximum atomic E-state index is 9.55. The normalized spacial score (nSPS) is 12.9. The number of aromatic nitrogens is 1. The molecule has 0 amide bonds. The molecule has 0 bridgehead atoms. The number of rotatable bonds is 3. The number of aliphatic hydroxyl groups is 2. The van der Waals surface area contributed by atoms with Crippen molar-refractivity contribution in [1.82, 2.24) is 4.98 Å². The summed E-state index contributed by atoms with van der Waals surface area (Å²) in [6.07, 6.45) is 1.30. The van der Waals surface area contributed by atoms with Crippen LogP contribution in [0, 0.1) is 6.92 Å². The molecule has 0 radical (unpaired) electrons. The molecule has 1 heterocycles. The lowest BCUT2D eigenvalue weighted by Gasteiger charge is -2.10. The van der Waals surface area contributed by atoms with E-state index in [9.17, 15) is 5.11 Å². The van der Waals surface area contributed by atoms with Crippen LogP contribution in [-0.2, 0) is 0 Å². The van der Waals surface area contributed by atoms with Crippen molar-refractivity contribution in [2.45, 2.75) is 19.4 Å². The molecule has 13 heavy (non-hydrogen) atoms. The van der Waals surface area contributed by atoms with Crippen molar-refractivity contribution in [2.75, 3.05) is 6.61 Å². The van der Waals surface area contributed by atoms with Gasteiger partial charge in [0.1, 0.15) is 0 Å². The predicted octanol–water partition coefficient (Wildman–Crippen LogP) is 1.57. The summed E-state index contributed by atoms with van der Waals surface area (Å²) in [5.41, 5.74) is 1.56. The molecule has 0 saturated heterocycles. The van der Waals surface area contributed by atoms with E-state index in [0.29, 0.717) is 12.1 Å². The first-order valence-electron chi connectivity index (χ1n) is 4.06. The van der Waals surface area contributed by atoms with E-state index in [1.807, 2.05) is 13.0 Å². The van der Waals surface area contributed by atoms with Crippen LogP contribution in [0.25, 0.3) is 0 Å². The highest BCUT2D eigenvalue weighted by molar-refractivity contribution is 9.10. The van der Waals surface area contributed by atoms with Crippen LogP contribution >= 0.6 is 15.9 Å². The quantitative estimate of drug-likeness (QED) is 0.851. The van der Waals surface area contributed by atoms with Gasteiger partial charge in [0, 0.05) is 23.7 Å². The Morgan fingerprint density at radius 3 is 2.85 bits per heavy atom. The van der Waals surface area contributed by atoms with Crippen LogP contribution in [0.1, 0.15) is 23.8 Å². The Labute approximate surface area is 85.6 Å². The Bertz CT molecular complexity index is 291. The average Bonchev–Trinajstić information content (AvgIpc) is 2.04. The zero-order chi connectivity index (χ0) is 9.84. The van der Waals surface area contributed by atoms with Crippen molar-refractivity contribution in [3.63, 3.8) is 0 Å². The first-order valence-corrected chi connectivity index (χ1v) is 4.85. The molecule has 0 aliphatic heterocycles. The Morgan fingerprint density at radius 1 is 1.62 bits per heavy atom. The van der Waals surface area contributed by atoms with E-state index in [2.05, 4.69) is 20.9 Å². The van der Waals surface area contributed by atoms with E-state index in [4.69, 9.17) is 5.11 Å². The van der Waals surface area contributed by atoms with Gasteiger partial charge in [0.2, 0.25) is 0 Å². The second kappa shape index (κ2) is 4.69. The Balaban J connectivity index is 2.88. The summed E-state index contributed by atoms with van der Waals surface area (Å²) in [7, 11) is 0. The SMILES string of the molecule is Cc1cc(Br)cnc1C(O)CCO. The van der Waals surface area contributed by atoms with Gasteiger partial charge >= 0.3 is 0 Å². The standard InChI is InChI=1S/C9H12BrNO2/c1-6-4-7(10)5-11-9(6)8(13)2-3-12/h4-5,8,12-13H,2-3H2,1H3. The van der Waals surface area contributed by atoms with Gasteiger partial charge in [-0.25, -0.2) is 0 Å². The van der Waals surface area contributed by atoms with E-state index >= 15 is 0 Å². The molecule has 1 rings (SSSR count). The minimum absolute atomic E-state index is 0.0294. The zero-order valence-corrected chi connectivity index (χ0v) is 8.95. The number of hydrogen-bond donors (Lipinski definition) is 2. The van der Waals surface area contributed by atoms with Crippen molar-refractivity contribution in [2.24, 2.45) is 0 Å². The number of nitrogens with zero attached hydrogens (tertiary/aromatic N) is 1. The lowest BCUT2D eigenvalue weighted by atomic mass is 10.1. The summed E-state index contributed by atoms with van der Waals surface area (Å²) in [5.74, 6) is 0. The molecule has 3 nitrogen and oxygen atoms in total. The third-order valence-corrected chi connectivity index (χ3v) is 2.24. The van der Waals surface area contributed by atoms with Crippen LogP contribution < -0.4 is 0 Å². The summed E-state index contributed by atoms with van der Waals surface area (Å²) in [6.45, 7) is 1.85. The topological polar surface area (TPSA) is 53.4 Å². The first kappa shape index (κ1) is 10.6. The fourth-order valence-corrected chi connectivity index (χ4v) is 1.60. The maximum absolute atomic E-state index is 9.55. The third-order valence-electron chi connectivity index (χ3n) is 1.80. The highest BCUT2D eigenvalue weighted by atomic mass is 79.9. The van der Waals surface area contributed by atoms with Crippen molar-refractivity contribution in [1.29, 1.82) is 0 Å². The fourth-order valence-electron chi connectivity index (χ4n) is 1.16. The van der Waals surface area contributed by atoms with Crippen LogP contribution in [0.3, 0.4) is 0 Å². The second-order valence-corrected chi connectivity index (χ2v) is 3.80. The molecule has 0 saturated carbocycles. The van der Waals surface area contributed by atoms with E-state index in [1.54, 1.807) is 6.20 Å². The average molecular weight is 246 g/mol. The van der Waals surface area contributed by atoms with Crippen molar-refractivity contribution in [3.8, 4) is 0 Å². The molecule has 0 fully saturated rings. The third kappa shape index (κ3) is 2.76. The molecule has 72 valence electrons. The summed E-state index contributed by atoms with van der Waals surface area (Å²) in [4.78, 5) is 4.09. The summed E-state index contributed by atoms with van der Waals surface area (Å²) in [5, 5.41) is 18.2. The molecule has 1 atom stereocenters. The number of hydrogen-bond acceptors (Lipinski definition) is 3. The second-order valence-electron chi connectivity index (χ2n) is 2.88. The predicted molar refractivity (Wildman–Crippen MR) is 53.3 cm³/mol. The van der Waals surface area contributed by atoms with Gasteiger partial charge in [-0.15, -0.1) is 0 Å². The molecule has 0 aromatic carbocycles. The number of halogens is 1. The number of pyridine rings is 1. The van der Waals surface area contributed by atoms with Gasteiger partial charge in [0.05, 0.1) is 11.8 Å². The van der Waals surface area contributed by atoms with Crippen LogP contribution in [0.2, 0.25) is 0 Å². The van der Waals surface area contributed by atoms with Gasteiger partial charge in [0.25, 0.3) is 0 Å². The number of aryl methyl sites for hydroxylation is 1. The summed E-state index contributed by atoms with van der Waals surface area (Å²) < 4.78 is 0.893. The highest BCUT2D eigenvalue weighted by Gasteiger charge is 2.10. The molecule has 4 heteroatoms. The summed E-state index contributed by atoms with van der Waals surface area (Å²) in [6, 6.07) is 1.89. The minimum atomic E-state index is -0.668. The van der Waals surface area contributed by atoms with Gasteiger partial charge < -0.3 is 10.2 Å². The van der Waals surface area contributed by atoms with Crippen molar-refractivity contribution >= 4 is 15.9 Å². The van der Waals surface area contributed by atoms with Crippen LogP contribution in [0.4, 0.5) is 0 Å². The molecule has 1 unspecified atom stereocenters. The van der Waals surface area contributed by atoms with Gasteiger partial charge in [-0.3, -0.25) is 4.98 Å². The van der Waals surface area contributed by atoms with E-state index < -0.39 is 6.10 Å². The lowest BCUT2D eigenvalue weighted by Crippen LogP contribution is -2.04. The Hall–Kier alpha value is -0.450. The van der Waals surface area contributed by atoms with Gasteiger partial charge in [0.15, 0.2) is 0 Å². The number of aliphatic hydroxyl groups excluding tert-OH is 2. The molecule has 0 spiro atoms. The summed E-state index contributed by atoms with van der Waals surface area (Å²) >= 11 is 3.29. The van der Waals surface area contributed by atoms with E-state index in [0.717, 1.165) is 10.0 Å². The van der Waals surface area contributed by atoms with Crippen LogP contribution in [-0.4, -0.2) is 21.8 Å². The molecule has 2 N–H and O–H groups in total. The van der Waals surface area contributed by atoms with Gasteiger partial charge in [-0.05, 0) is 34.5 Å². The largest absolute Gasteiger partial charge is 0.396 e. The molecule has 1 aromatic rings. The molecule has 0 aliphatic carbocycles. The molecule has 0 aliphatic rings. The molecular formula is C9H12BrNO2. The van der Waals surface area contributed by atoms with Crippen LogP contribution in [0.15, 0.2) is 16.7 Å². The van der Waals surface area contributed by atoms with E-state index in [-0.39, 0.29) is 6.61 Å². The Kier molecular flexibility index (Phi) is 3.84. The van der Waals surface area contributed by atoms with Crippen molar-refractivity contribution in [3.05, 3.63) is 28.0 Å². The molecular weight excluding hydrogens is 234 g/mol. The Morgan fingerprint density at radius 2 is 2.31 bits per heavy atom. The minimum Gasteiger partial charge on any atom is -0.396 e. The zero-order valence-electron chi connectivity index (χ0n) is 7.37. The van der Waals surface area contributed by atoms with Crippen LogP contribution in [0.5, 0.6) is 0 Å². The monoisotopic (exact) mass is 245 g/mol. The fraction of sp³-hybridized carbons (Fsp3) is 0.444. The van der Waals surface area contributed by atoms with E-state index in [1.165, 1.54) is 0 Å². The highest BCUT2D eigenvalue weighted by Crippen LogP contribution is 2.20. The smallest absolute Gasteiger partial charge is 0.0984 e. The maximum Gasteiger partial charge on any atom is 0.0984 e. The molecule has 1 aromatic heterocycles. The van der Waals surface area contributed by atoms with Crippen molar-refractivity contribution < 1.29 is 10.2 Å².